The highest BCUT2D eigenvalue weighted by Crippen LogP contribution is 2.31. The molecule has 0 radical (unpaired) electrons. The molecular formula is C43H45F5N4O9S. The first-order valence-corrected chi connectivity index (χ1v) is 20.2. The summed E-state index contributed by atoms with van der Waals surface area (Å²) >= 11 is 1.24. The predicted molar refractivity (Wildman–Crippen MR) is 218 cm³/mol. The highest BCUT2D eigenvalue weighted by Gasteiger charge is 2.32. The number of hydrogen-bond donors (Lipinski definition) is 4. The Kier molecular flexibility index (Phi) is 16.1. The van der Waals surface area contributed by atoms with Gasteiger partial charge in [-0.3, -0.25) is 9.59 Å². The average molecular weight is 889 g/mol. The van der Waals surface area contributed by atoms with Gasteiger partial charge in [0.05, 0.1) is 17.2 Å². The van der Waals surface area contributed by atoms with E-state index in [2.05, 4.69) is 9.88 Å². The first-order chi connectivity index (χ1) is 29.4. The molecule has 3 aromatic carbocycles. The Bertz CT molecular complexity index is 2380. The zero-order chi connectivity index (χ0) is 45.3. The molecule has 1 aliphatic rings. The van der Waals surface area contributed by atoms with Crippen molar-refractivity contribution in [2.24, 2.45) is 0 Å². The van der Waals surface area contributed by atoms with Crippen molar-refractivity contribution in [1.29, 1.82) is 0 Å². The Balaban J connectivity index is 0.000000646. The molecule has 2 atom stereocenters. The molecule has 0 aliphatic carbocycles. The number of piperidine rings is 1. The summed E-state index contributed by atoms with van der Waals surface area (Å²) in [6.45, 7) is 4.92. The Morgan fingerprint density at radius 2 is 1.52 bits per heavy atom. The summed E-state index contributed by atoms with van der Waals surface area (Å²) < 4.78 is 75.3. The quantitative estimate of drug-likeness (QED) is 0.0971. The van der Waals surface area contributed by atoms with Crippen LogP contribution in [0, 0.1) is 18.6 Å². The lowest BCUT2D eigenvalue weighted by Crippen LogP contribution is -2.48. The summed E-state index contributed by atoms with van der Waals surface area (Å²) in [5.74, 6) is -5.61. The normalized spacial score (nSPS) is 14.5. The molecule has 1 fully saturated rings. The number of fused-ring (bicyclic) bond motifs is 1. The van der Waals surface area contributed by atoms with Crippen molar-refractivity contribution in [3.63, 3.8) is 0 Å². The maximum atomic E-state index is 14.6. The van der Waals surface area contributed by atoms with E-state index < -0.39 is 47.5 Å². The van der Waals surface area contributed by atoms with Crippen LogP contribution in [0.4, 0.5) is 22.0 Å². The second-order valence-electron chi connectivity index (χ2n) is 14.6. The van der Waals surface area contributed by atoms with Gasteiger partial charge in [0.1, 0.15) is 11.2 Å². The van der Waals surface area contributed by atoms with E-state index in [0.29, 0.717) is 33.2 Å². The first-order valence-electron chi connectivity index (χ1n) is 19.4. The van der Waals surface area contributed by atoms with E-state index in [0.717, 1.165) is 61.8 Å². The minimum Gasteiger partial charge on any atom is -0.479 e. The molecule has 62 heavy (non-hydrogen) atoms. The largest absolute Gasteiger partial charge is 0.479 e. The standard InChI is InChI=1S/C39H39F5N4O3S.C4H6O6/c1-25-45-38-37(52-25)34(49)22-32(15-12-29-4-3-5-33(40)36(29)41)48(38)24-35(50)47(31-16-18-46(19-17-31)20-21-51-2)23-26-6-8-27(9-7-26)28-10-13-30(14-11-28)39(42,43)44;5-1(3(7)8)2(6)4(9)10/h3-11,13-14,22,31H,12,15-21,23-24H2,1-2H3;1-2,5-6H,(H,7,8)(H,9,10). The molecule has 332 valence electrons. The third kappa shape index (κ3) is 12.1. The van der Waals surface area contributed by atoms with Crippen molar-refractivity contribution < 1.29 is 61.5 Å². The van der Waals surface area contributed by atoms with E-state index >= 15 is 0 Å². The number of carboxylic acid groups (broad SMARTS) is 2. The number of nitrogens with zero attached hydrogens (tertiary/aromatic N) is 4. The number of aromatic nitrogens is 2. The topological polar surface area (TPSA) is 183 Å². The molecule has 13 nitrogen and oxygen atoms in total. The highest BCUT2D eigenvalue weighted by atomic mass is 32.1. The average Bonchev–Trinajstić information content (AvgIpc) is 3.65. The van der Waals surface area contributed by atoms with E-state index in [1.54, 1.807) is 18.6 Å². The number of ether oxygens (including phenoxy) is 1. The number of aliphatic carboxylic acids is 2. The van der Waals surface area contributed by atoms with Crippen LogP contribution in [-0.4, -0.2) is 109 Å². The zero-order valence-corrected chi connectivity index (χ0v) is 34.5. The Labute approximate surface area is 356 Å². The minimum absolute atomic E-state index is 0.0854. The van der Waals surface area contributed by atoms with Crippen molar-refractivity contribution in [2.75, 3.05) is 33.4 Å². The third-order valence-electron chi connectivity index (χ3n) is 10.4. The molecule has 2 unspecified atom stereocenters. The molecule has 3 heterocycles. The smallest absolute Gasteiger partial charge is 0.416 e. The van der Waals surface area contributed by atoms with Crippen LogP contribution in [0.1, 0.15) is 40.2 Å². The number of alkyl halides is 3. The van der Waals surface area contributed by atoms with E-state index in [1.807, 2.05) is 29.2 Å². The van der Waals surface area contributed by atoms with Crippen molar-refractivity contribution >= 4 is 39.5 Å². The number of thiazole rings is 1. The Morgan fingerprint density at radius 1 is 0.919 bits per heavy atom. The van der Waals surface area contributed by atoms with Gasteiger partial charge in [-0.05, 0) is 73.1 Å². The summed E-state index contributed by atoms with van der Waals surface area (Å²) in [6.07, 6.45) is -7.19. The van der Waals surface area contributed by atoms with Gasteiger partial charge < -0.3 is 39.5 Å². The number of pyridine rings is 1. The van der Waals surface area contributed by atoms with Crippen LogP contribution in [0.2, 0.25) is 0 Å². The molecule has 1 amide bonds. The molecule has 1 saturated heterocycles. The number of carboxylic acids is 2. The number of halogens is 5. The highest BCUT2D eigenvalue weighted by molar-refractivity contribution is 7.18. The van der Waals surface area contributed by atoms with Gasteiger partial charge in [-0.1, -0.05) is 48.5 Å². The number of aliphatic hydroxyl groups is 2. The number of methoxy groups -OCH3 is 1. The lowest BCUT2D eigenvalue weighted by molar-refractivity contribution is -0.165. The molecule has 0 saturated carbocycles. The summed E-state index contributed by atoms with van der Waals surface area (Å²) in [4.78, 5) is 56.0. The number of hydrogen-bond acceptors (Lipinski definition) is 10. The number of benzene rings is 3. The Morgan fingerprint density at radius 3 is 2.08 bits per heavy atom. The van der Waals surface area contributed by atoms with E-state index in [4.69, 9.17) is 25.2 Å². The lowest BCUT2D eigenvalue weighted by atomic mass is 10.00. The van der Waals surface area contributed by atoms with E-state index in [9.17, 15) is 41.1 Å². The molecule has 19 heteroatoms. The predicted octanol–water partition coefficient (Wildman–Crippen LogP) is 5.53. The number of carbonyl (C=O) groups is 3. The summed E-state index contributed by atoms with van der Waals surface area (Å²) in [5, 5.41) is 33.2. The van der Waals surface area contributed by atoms with Gasteiger partial charge in [0.15, 0.2) is 29.5 Å². The van der Waals surface area contributed by atoms with Crippen molar-refractivity contribution in [3.8, 4) is 11.1 Å². The van der Waals surface area contributed by atoms with Crippen LogP contribution in [0.3, 0.4) is 0 Å². The van der Waals surface area contributed by atoms with Crippen LogP contribution in [0.25, 0.3) is 21.5 Å². The SMILES string of the molecule is COCCN1CCC(N(Cc2ccc(-c3ccc(C(F)(F)F)cc3)cc2)C(=O)Cn2c(CCc3cccc(F)c3F)cc(=O)c3sc(C)nc32)CC1.O=C(O)C(O)C(O)C(=O)O. The maximum Gasteiger partial charge on any atom is 0.416 e. The number of rotatable bonds is 15. The van der Waals surface area contributed by atoms with Gasteiger partial charge in [0.25, 0.3) is 0 Å². The molecule has 4 N–H and O–H groups in total. The fourth-order valence-electron chi connectivity index (χ4n) is 7.02. The van der Waals surface area contributed by atoms with E-state index in [-0.39, 0.29) is 48.9 Å². The number of aryl methyl sites for hydroxylation is 3. The van der Waals surface area contributed by atoms with Crippen molar-refractivity contribution in [2.45, 2.75) is 70.1 Å². The molecule has 0 spiro atoms. The van der Waals surface area contributed by atoms with Crippen LogP contribution in [0.5, 0.6) is 0 Å². The molecule has 0 bridgehead atoms. The first kappa shape index (κ1) is 47.4. The fourth-order valence-corrected chi connectivity index (χ4v) is 7.86. The van der Waals surface area contributed by atoms with Crippen LogP contribution >= 0.6 is 11.3 Å². The second kappa shape index (κ2) is 21.0. The summed E-state index contributed by atoms with van der Waals surface area (Å²) in [5.41, 5.74) is 2.32. The van der Waals surface area contributed by atoms with Gasteiger partial charge in [-0.15, -0.1) is 11.3 Å². The van der Waals surface area contributed by atoms with Gasteiger partial charge in [-0.2, -0.15) is 13.2 Å². The number of carbonyl (C=O) groups excluding carboxylic acids is 1. The fraction of sp³-hybridized carbons (Fsp3) is 0.372. The lowest BCUT2D eigenvalue weighted by Gasteiger charge is -2.39. The summed E-state index contributed by atoms with van der Waals surface area (Å²) in [7, 11) is 1.66. The molecule has 2 aromatic heterocycles. The van der Waals surface area contributed by atoms with Gasteiger partial charge >= 0.3 is 18.1 Å². The summed E-state index contributed by atoms with van der Waals surface area (Å²) in [6, 6.07) is 17.8. The zero-order valence-electron chi connectivity index (χ0n) is 33.6. The molecule has 1 aliphatic heterocycles. The van der Waals surface area contributed by atoms with Gasteiger partial charge in [0.2, 0.25) is 11.3 Å². The number of amides is 1. The van der Waals surface area contributed by atoms with Crippen LogP contribution in [0.15, 0.2) is 77.6 Å². The minimum atomic E-state index is -4.42. The number of aliphatic hydroxyl groups excluding tert-OH is 2. The number of likely N-dealkylation sites (tertiary alicyclic amines) is 1. The maximum absolute atomic E-state index is 14.6. The Hall–Kier alpha value is -5.60. The molecule has 6 rings (SSSR count). The van der Waals surface area contributed by atoms with Gasteiger partial charge in [-0.25, -0.2) is 23.4 Å². The molecule has 5 aromatic rings. The monoisotopic (exact) mass is 888 g/mol. The van der Waals surface area contributed by atoms with Crippen molar-refractivity contribution in [3.05, 3.63) is 122 Å². The van der Waals surface area contributed by atoms with Crippen molar-refractivity contribution in [1.82, 2.24) is 19.4 Å². The van der Waals surface area contributed by atoms with Crippen LogP contribution in [-0.2, 0) is 51.2 Å². The third-order valence-corrected chi connectivity index (χ3v) is 11.4. The van der Waals surface area contributed by atoms with Crippen LogP contribution < -0.4 is 5.43 Å². The van der Waals surface area contributed by atoms with Gasteiger partial charge in [0, 0.05) is 51.1 Å². The van der Waals surface area contributed by atoms with E-state index in [1.165, 1.54) is 41.7 Å². The molecular weight excluding hydrogens is 844 g/mol. The second-order valence-corrected chi connectivity index (χ2v) is 15.8.